The molecule has 0 heterocycles. The molecule has 0 spiro atoms. The standard InChI is InChI=1S/C20H15Cl4NO/c21-15-6-4-13(5-7-15)12-26-20-18(23)8-14(9-19(20)24)11-25-17-3-1-2-16(22)10-17/h1-10,25H,11-12H2. The van der Waals surface area contributed by atoms with Gasteiger partial charge in [0.2, 0.25) is 0 Å². The second kappa shape index (κ2) is 8.88. The van der Waals surface area contributed by atoms with Gasteiger partial charge in [0.25, 0.3) is 0 Å². The van der Waals surface area contributed by atoms with Crippen LogP contribution in [0.3, 0.4) is 0 Å². The molecular weight excluding hydrogens is 412 g/mol. The monoisotopic (exact) mass is 425 g/mol. The fraction of sp³-hybridized carbons (Fsp3) is 0.100. The van der Waals surface area contributed by atoms with Crippen LogP contribution in [0, 0.1) is 0 Å². The topological polar surface area (TPSA) is 21.3 Å². The highest BCUT2D eigenvalue weighted by atomic mass is 35.5. The summed E-state index contributed by atoms with van der Waals surface area (Å²) < 4.78 is 5.78. The Kier molecular flexibility index (Phi) is 6.55. The van der Waals surface area contributed by atoms with Crippen LogP contribution in [0.25, 0.3) is 0 Å². The maximum atomic E-state index is 6.35. The summed E-state index contributed by atoms with van der Waals surface area (Å²) in [5.41, 5.74) is 2.85. The van der Waals surface area contributed by atoms with Crippen molar-refractivity contribution in [1.29, 1.82) is 0 Å². The first kappa shape index (κ1) is 19.2. The Balaban J connectivity index is 1.66. The molecule has 0 saturated heterocycles. The highest BCUT2D eigenvalue weighted by molar-refractivity contribution is 6.37. The molecule has 0 bridgehead atoms. The van der Waals surface area contributed by atoms with Crippen molar-refractivity contribution in [2.45, 2.75) is 13.2 Å². The minimum atomic E-state index is 0.358. The summed E-state index contributed by atoms with van der Waals surface area (Å²) >= 11 is 24.6. The lowest BCUT2D eigenvalue weighted by Gasteiger charge is -2.13. The average molecular weight is 427 g/mol. The third kappa shape index (κ3) is 5.21. The van der Waals surface area contributed by atoms with Gasteiger partial charge >= 0.3 is 0 Å². The van der Waals surface area contributed by atoms with Gasteiger partial charge in [0, 0.05) is 22.3 Å². The summed E-state index contributed by atoms with van der Waals surface area (Å²) in [6, 6.07) is 18.6. The van der Waals surface area contributed by atoms with Gasteiger partial charge in [-0.1, -0.05) is 64.6 Å². The van der Waals surface area contributed by atoms with Crippen molar-refractivity contribution in [3.8, 4) is 5.75 Å². The molecule has 0 fully saturated rings. The number of rotatable bonds is 6. The molecule has 3 aromatic carbocycles. The Morgan fingerprint density at radius 1 is 0.731 bits per heavy atom. The molecule has 0 amide bonds. The molecule has 3 aromatic rings. The van der Waals surface area contributed by atoms with Crippen molar-refractivity contribution < 1.29 is 4.74 Å². The zero-order valence-electron chi connectivity index (χ0n) is 13.6. The van der Waals surface area contributed by atoms with Crippen LogP contribution in [-0.4, -0.2) is 0 Å². The predicted octanol–water partition coefficient (Wildman–Crippen LogP) is 7.49. The van der Waals surface area contributed by atoms with Crippen molar-refractivity contribution in [2.24, 2.45) is 0 Å². The molecule has 0 atom stereocenters. The first-order valence-corrected chi connectivity index (χ1v) is 9.37. The lowest BCUT2D eigenvalue weighted by molar-refractivity contribution is 0.306. The van der Waals surface area contributed by atoms with E-state index in [1.54, 1.807) is 0 Å². The molecule has 3 rings (SSSR count). The molecule has 134 valence electrons. The van der Waals surface area contributed by atoms with E-state index < -0.39 is 0 Å². The van der Waals surface area contributed by atoms with E-state index in [4.69, 9.17) is 51.1 Å². The van der Waals surface area contributed by atoms with E-state index in [1.165, 1.54) is 0 Å². The van der Waals surface area contributed by atoms with Crippen molar-refractivity contribution in [1.82, 2.24) is 0 Å². The van der Waals surface area contributed by atoms with Crippen LogP contribution in [0.5, 0.6) is 5.75 Å². The molecule has 0 saturated carbocycles. The van der Waals surface area contributed by atoms with Gasteiger partial charge in [-0.15, -0.1) is 0 Å². The number of ether oxygens (including phenoxy) is 1. The number of nitrogens with one attached hydrogen (secondary N) is 1. The zero-order valence-corrected chi connectivity index (χ0v) is 16.6. The molecule has 0 radical (unpaired) electrons. The van der Waals surface area contributed by atoms with Crippen molar-refractivity contribution in [3.05, 3.63) is 91.9 Å². The Bertz CT molecular complexity index is 874. The smallest absolute Gasteiger partial charge is 0.156 e. The molecule has 2 nitrogen and oxygen atoms in total. The fourth-order valence-corrected chi connectivity index (χ4v) is 3.35. The number of hydrogen-bond acceptors (Lipinski definition) is 2. The van der Waals surface area contributed by atoms with Crippen LogP contribution >= 0.6 is 46.4 Å². The summed E-state index contributed by atoms with van der Waals surface area (Å²) in [5, 5.41) is 5.58. The van der Waals surface area contributed by atoms with Gasteiger partial charge in [0.05, 0.1) is 10.0 Å². The molecule has 0 aromatic heterocycles. The van der Waals surface area contributed by atoms with E-state index in [2.05, 4.69) is 5.32 Å². The van der Waals surface area contributed by atoms with Gasteiger partial charge in [-0.25, -0.2) is 0 Å². The van der Waals surface area contributed by atoms with Crippen molar-refractivity contribution >= 4 is 52.1 Å². The molecule has 0 aliphatic carbocycles. The molecule has 0 unspecified atom stereocenters. The zero-order chi connectivity index (χ0) is 18.5. The number of hydrogen-bond donors (Lipinski definition) is 1. The van der Waals surface area contributed by atoms with E-state index in [0.717, 1.165) is 16.8 Å². The summed E-state index contributed by atoms with van der Waals surface area (Å²) in [4.78, 5) is 0. The second-order valence-electron chi connectivity index (χ2n) is 5.67. The number of halogens is 4. The van der Waals surface area contributed by atoms with Crippen LogP contribution in [0.15, 0.2) is 60.7 Å². The maximum absolute atomic E-state index is 6.35. The van der Waals surface area contributed by atoms with E-state index in [1.807, 2.05) is 60.7 Å². The summed E-state index contributed by atoms with van der Waals surface area (Å²) in [6.45, 7) is 0.925. The summed E-state index contributed by atoms with van der Waals surface area (Å²) in [7, 11) is 0. The Morgan fingerprint density at radius 2 is 1.42 bits per heavy atom. The number of anilines is 1. The van der Waals surface area contributed by atoms with Crippen LogP contribution in [0.4, 0.5) is 5.69 Å². The molecule has 6 heteroatoms. The predicted molar refractivity (Wildman–Crippen MR) is 111 cm³/mol. The summed E-state index contributed by atoms with van der Waals surface area (Å²) in [6.07, 6.45) is 0. The number of benzene rings is 3. The van der Waals surface area contributed by atoms with Gasteiger partial charge in [-0.2, -0.15) is 0 Å². The van der Waals surface area contributed by atoms with E-state index in [9.17, 15) is 0 Å². The first-order chi connectivity index (χ1) is 12.5. The molecule has 26 heavy (non-hydrogen) atoms. The Labute approximate surface area is 172 Å². The quantitative estimate of drug-likeness (QED) is 0.440. The lowest BCUT2D eigenvalue weighted by atomic mass is 10.2. The third-order valence-electron chi connectivity index (χ3n) is 3.68. The van der Waals surface area contributed by atoms with Gasteiger partial charge in [-0.3, -0.25) is 0 Å². The highest BCUT2D eigenvalue weighted by Gasteiger charge is 2.10. The Hall–Kier alpha value is -1.58. The molecule has 0 aliphatic heterocycles. The van der Waals surface area contributed by atoms with E-state index in [0.29, 0.717) is 39.0 Å². The second-order valence-corrected chi connectivity index (χ2v) is 7.35. The lowest BCUT2D eigenvalue weighted by Crippen LogP contribution is -2.01. The van der Waals surface area contributed by atoms with Crippen molar-refractivity contribution in [3.63, 3.8) is 0 Å². The minimum absolute atomic E-state index is 0.358. The Morgan fingerprint density at radius 3 is 2.08 bits per heavy atom. The van der Waals surface area contributed by atoms with Crippen LogP contribution < -0.4 is 10.1 Å². The van der Waals surface area contributed by atoms with Crippen LogP contribution in [0.1, 0.15) is 11.1 Å². The largest absolute Gasteiger partial charge is 0.486 e. The molecule has 0 aliphatic rings. The van der Waals surface area contributed by atoms with Crippen molar-refractivity contribution in [2.75, 3.05) is 5.32 Å². The van der Waals surface area contributed by atoms with Gasteiger partial charge < -0.3 is 10.1 Å². The fourth-order valence-electron chi connectivity index (χ4n) is 2.39. The van der Waals surface area contributed by atoms with E-state index >= 15 is 0 Å². The van der Waals surface area contributed by atoms with Crippen LogP contribution in [0.2, 0.25) is 20.1 Å². The molecule has 1 N–H and O–H groups in total. The van der Waals surface area contributed by atoms with Gasteiger partial charge in [-0.05, 0) is 53.6 Å². The third-order valence-corrected chi connectivity index (χ3v) is 4.72. The highest BCUT2D eigenvalue weighted by Crippen LogP contribution is 2.35. The first-order valence-electron chi connectivity index (χ1n) is 7.86. The van der Waals surface area contributed by atoms with Crippen LogP contribution in [-0.2, 0) is 13.2 Å². The van der Waals surface area contributed by atoms with Gasteiger partial charge in [0.1, 0.15) is 6.61 Å². The van der Waals surface area contributed by atoms with Gasteiger partial charge in [0.15, 0.2) is 5.75 Å². The maximum Gasteiger partial charge on any atom is 0.156 e. The minimum Gasteiger partial charge on any atom is -0.486 e. The normalized spacial score (nSPS) is 10.6. The van der Waals surface area contributed by atoms with E-state index in [-0.39, 0.29) is 0 Å². The molecular formula is C20H15Cl4NO. The average Bonchev–Trinajstić information content (AvgIpc) is 2.61. The SMILES string of the molecule is Clc1ccc(COc2c(Cl)cc(CNc3cccc(Cl)c3)cc2Cl)cc1. The summed E-state index contributed by atoms with van der Waals surface area (Å²) in [5.74, 6) is 0.467.